The lowest BCUT2D eigenvalue weighted by Crippen LogP contribution is -2.31. The predicted octanol–water partition coefficient (Wildman–Crippen LogP) is 3.29. The van der Waals surface area contributed by atoms with E-state index < -0.39 is 0 Å². The molecule has 112 valence electrons. The Balaban J connectivity index is 2.61. The first-order valence-electron chi connectivity index (χ1n) is 7.08. The van der Waals surface area contributed by atoms with E-state index in [0.717, 1.165) is 6.42 Å². The van der Waals surface area contributed by atoms with Crippen molar-refractivity contribution < 1.29 is 9.59 Å². The van der Waals surface area contributed by atoms with Crippen molar-refractivity contribution in [3.05, 3.63) is 54.1 Å². The Hall–Kier alpha value is -2.36. The molecule has 0 aromatic heterocycles. The van der Waals surface area contributed by atoms with Gasteiger partial charge in [-0.05, 0) is 44.5 Å². The monoisotopic (exact) mass is 286 g/mol. The van der Waals surface area contributed by atoms with Crippen LogP contribution in [0.3, 0.4) is 0 Å². The summed E-state index contributed by atoms with van der Waals surface area (Å²) in [5, 5.41) is 5.62. The maximum atomic E-state index is 11.9. The van der Waals surface area contributed by atoms with Crippen LogP contribution in [0.15, 0.2) is 48.6 Å². The SMILES string of the molecule is CC=CC=CC(=O)Nc1ccc(C(=O)NC(C)CC)cc1. The van der Waals surface area contributed by atoms with E-state index >= 15 is 0 Å². The van der Waals surface area contributed by atoms with Crippen LogP contribution in [0.5, 0.6) is 0 Å². The lowest BCUT2D eigenvalue weighted by atomic mass is 10.1. The molecule has 0 aliphatic rings. The number of amides is 2. The van der Waals surface area contributed by atoms with Gasteiger partial charge in [0.05, 0.1) is 0 Å². The molecule has 1 aromatic rings. The zero-order chi connectivity index (χ0) is 15.7. The smallest absolute Gasteiger partial charge is 0.251 e. The molecule has 0 bridgehead atoms. The molecule has 1 aromatic carbocycles. The quantitative estimate of drug-likeness (QED) is 0.623. The summed E-state index contributed by atoms with van der Waals surface area (Å²) in [5.41, 5.74) is 1.24. The van der Waals surface area contributed by atoms with Crippen LogP contribution in [0.1, 0.15) is 37.6 Å². The van der Waals surface area contributed by atoms with Gasteiger partial charge in [-0.3, -0.25) is 9.59 Å². The van der Waals surface area contributed by atoms with E-state index in [4.69, 9.17) is 0 Å². The van der Waals surface area contributed by atoms with E-state index in [-0.39, 0.29) is 17.9 Å². The maximum absolute atomic E-state index is 11.9. The van der Waals surface area contributed by atoms with Crippen LogP contribution >= 0.6 is 0 Å². The number of carbonyl (C=O) groups excluding carboxylic acids is 2. The molecule has 4 heteroatoms. The average molecular weight is 286 g/mol. The highest BCUT2D eigenvalue weighted by atomic mass is 16.2. The zero-order valence-electron chi connectivity index (χ0n) is 12.7. The van der Waals surface area contributed by atoms with Gasteiger partial charge in [0, 0.05) is 23.4 Å². The molecule has 1 rings (SSSR count). The first-order valence-corrected chi connectivity index (χ1v) is 7.08. The fraction of sp³-hybridized carbons (Fsp3) is 0.294. The van der Waals surface area contributed by atoms with E-state index in [0.29, 0.717) is 11.3 Å². The highest BCUT2D eigenvalue weighted by Gasteiger charge is 2.08. The van der Waals surface area contributed by atoms with E-state index in [9.17, 15) is 9.59 Å². The third kappa shape index (κ3) is 6.08. The van der Waals surface area contributed by atoms with Gasteiger partial charge in [-0.1, -0.05) is 25.2 Å². The Morgan fingerprint density at radius 2 is 1.86 bits per heavy atom. The van der Waals surface area contributed by atoms with E-state index in [2.05, 4.69) is 10.6 Å². The van der Waals surface area contributed by atoms with E-state index in [1.807, 2.05) is 26.8 Å². The van der Waals surface area contributed by atoms with Crippen LogP contribution in [0.2, 0.25) is 0 Å². The Morgan fingerprint density at radius 3 is 2.43 bits per heavy atom. The molecular weight excluding hydrogens is 264 g/mol. The first-order chi connectivity index (χ1) is 10.1. The van der Waals surface area contributed by atoms with Crippen molar-refractivity contribution in [1.82, 2.24) is 5.32 Å². The number of benzene rings is 1. The van der Waals surface area contributed by atoms with Crippen molar-refractivity contribution in [2.24, 2.45) is 0 Å². The summed E-state index contributed by atoms with van der Waals surface area (Å²) >= 11 is 0. The Bertz CT molecular complexity index is 530. The number of nitrogens with one attached hydrogen (secondary N) is 2. The molecule has 4 nitrogen and oxygen atoms in total. The minimum atomic E-state index is -0.204. The van der Waals surface area contributed by atoms with Crippen molar-refractivity contribution in [3.63, 3.8) is 0 Å². The summed E-state index contributed by atoms with van der Waals surface area (Å²) in [6.07, 6.45) is 7.63. The molecule has 0 saturated carbocycles. The van der Waals surface area contributed by atoms with Gasteiger partial charge in [0.1, 0.15) is 0 Å². The topological polar surface area (TPSA) is 58.2 Å². The van der Waals surface area contributed by atoms with Gasteiger partial charge in [0.25, 0.3) is 5.91 Å². The molecule has 2 amide bonds. The van der Waals surface area contributed by atoms with Crippen LogP contribution in [-0.2, 0) is 4.79 Å². The minimum absolute atomic E-state index is 0.102. The molecule has 0 heterocycles. The molecule has 0 aliphatic heterocycles. The van der Waals surface area contributed by atoms with Gasteiger partial charge in [-0.15, -0.1) is 0 Å². The lowest BCUT2D eigenvalue weighted by Gasteiger charge is -2.11. The summed E-state index contributed by atoms with van der Waals surface area (Å²) in [7, 11) is 0. The minimum Gasteiger partial charge on any atom is -0.350 e. The fourth-order valence-corrected chi connectivity index (χ4v) is 1.55. The lowest BCUT2D eigenvalue weighted by molar-refractivity contribution is -0.111. The zero-order valence-corrected chi connectivity index (χ0v) is 12.7. The van der Waals surface area contributed by atoms with Crippen molar-refractivity contribution in [2.75, 3.05) is 5.32 Å². The fourth-order valence-electron chi connectivity index (χ4n) is 1.55. The third-order valence-electron chi connectivity index (χ3n) is 2.96. The number of hydrogen-bond acceptors (Lipinski definition) is 2. The highest BCUT2D eigenvalue weighted by Crippen LogP contribution is 2.10. The largest absolute Gasteiger partial charge is 0.350 e. The van der Waals surface area contributed by atoms with Gasteiger partial charge in [-0.25, -0.2) is 0 Å². The molecule has 2 N–H and O–H groups in total. The molecule has 1 unspecified atom stereocenters. The van der Waals surface area contributed by atoms with Crippen LogP contribution in [0.4, 0.5) is 5.69 Å². The summed E-state index contributed by atoms with van der Waals surface area (Å²) < 4.78 is 0. The molecule has 21 heavy (non-hydrogen) atoms. The molecule has 0 saturated heterocycles. The van der Waals surface area contributed by atoms with Gasteiger partial charge < -0.3 is 10.6 Å². The molecular formula is C17H22N2O2. The highest BCUT2D eigenvalue weighted by molar-refractivity contribution is 6.00. The standard InChI is InChI=1S/C17H22N2O2/c1-4-6-7-8-16(20)19-15-11-9-14(10-12-15)17(21)18-13(3)5-2/h4,6-13H,5H2,1-3H3,(H,18,21)(H,19,20). The number of carbonyl (C=O) groups is 2. The summed E-state index contributed by atoms with van der Waals surface area (Å²) in [6, 6.07) is 6.97. The Labute approximate surface area is 125 Å². The van der Waals surface area contributed by atoms with E-state index in [1.54, 1.807) is 36.4 Å². The van der Waals surface area contributed by atoms with Crippen molar-refractivity contribution >= 4 is 17.5 Å². The molecule has 0 spiro atoms. The summed E-state index contributed by atoms with van der Waals surface area (Å²) in [5.74, 6) is -0.305. The van der Waals surface area contributed by atoms with Crippen LogP contribution in [0.25, 0.3) is 0 Å². The van der Waals surface area contributed by atoms with Crippen LogP contribution in [0, 0.1) is 0 Å². The molecule has 0 radical (unpaired) electrons. The average Bonchev–Trinajstić information content (AvgIpc) is 2.48. The van der Waals surface area contributed by atoms with Crippen molar-refractivity contribution in [1.29, 1.82) is 0 Å². The second kappa shape index (κ2) is 8.74. The second-order valence-corrected chi connectivity index (χ2v) is 4.73. The van der Waals surface area contributed by atoms with Gasteiger partial charge >= 0.3 is 0 Å². The van der Waals surface area contributed by atoms with E-state index in [1.165, 1.54) is 6.08 Å². The predicted molar refractivity (Wildman–Crippen MR) is 86.2 cm³/mol. The third-order valence-corrected chi connectivity index (χ3v) is 2.96. The first kappa shape index (κ1) is 16.7. The Kier molecular flexibility index (Phi) is 6.95. The van der Waals surface area contributed by atoms with Gasteiger partial charge in [0.15, 0.2) is 0 Å². The molecule has 0 fully saturated rings. The number of hydrogen-bond donors (Lipinski definition) is 2. The summed E-state index contributed by atoms with van der Waals surface area (Å²) in [4.78, 5) is 23.5. The van der Waals surface area contributed by atoms with Crippen molar-refractivity contribution in [3.8, 4) is 0 Å². The van der Waals surface area contributed by atoms with Crippen molar-refractivity contribution in [2.45, 2.75) is 33.2 Å². The Morgan fingerprint density at radius 1 is 1.19 bits per heavy atom. The summed E-state index contributed by atoms with van der Waals surface area (Å²) in [6.45, 7) is 5.86. The molecule has 0 aliphatic carbocycles. The van der Waals surface area contributed by atoms with Gasteiger partial charge in [0.2, 0.25) is 5.91 Å². The molecule has 1 atom stereocenters. The number of allylic oxidation sites excluding steroid dienone is 3. The van der Waals surface area contributed by atoms with Gasteiger partial charge in [-0.2, -0.15) is 0 Å². The maximum Gasteiger partial charge on any atom is 0.251 e. The number of anilines is 1. The van der Waals surface area contributed by atoms with Crippen LogP contribution in [-0.4, -0.2) is 17.9 Å². The number of rotatable bonds is 6. The van der Waals surface area contributed by atoms with Crippen LogP contribution < -0.4 is 10.6 Å². The second-order valence-electron chi connectivity index (χ2n) is 4.73. The normalized spacial score (nSPS) is 12.5.